The topological polar surface area (TPSA) is 90.0 Å². The van der Waals surface area contributed by atoms with Gasteiger partial charge < -0.3 is 9.47 Å². The number of hydrogen-bond acceptors (Lipinski definition) is 6. The van der Waals surface area contributed by atoms with Gasteiger partial charge in [-0.2, -0.15) is 27.2 Å². The third kappa shape index (κ3) is 4.81. The van der Waals surface area contributed by atoms with Gasteiger partial charge in [0.1, 0.15) is 5.75 Å². The molecule has 0 atom stereocenters. The number of methoxy groups -OCH3 is 1. The number of hydrogen-bond donors (Lipinski definition) is 0. The second-order valence-corrected chi connectivity index (χ2v) is 7.27. The lowest BCUT2D eigenvalue weighted by molar-refractivity contribution is -0.291. The van der Waals surface area contributed by atoms with Crippen LogP contribution in [0.2, 0.25) is 0 Å². The first-order valence-electron chi connectivity index (χ1n) is 9.85. The zero-order valence-corrected chi connectivity index (χ0v) is 18.4. The molecule has 2 heterocycles. The van der Waals surface area contributed by atoms with Crippen LogP contribution in [-0.2, 0) is 12.5 Å². The number of halogens is 7. The monoisotopic (exact) mass is 516 g/mol. The van der Waals surface area contributed by atoms with Crippen LogP contribution in [0.1, 0.15) is 34.4 Å². The van der Waals surface area contributed by atoms with Crippen molar-refractivity contribution in [2.45, 2.75) is 32.0 Å². The first-order valence-corrected chi connectivity index (χ1v) is 9.85. The standard InChI is InChI=1S/C22H15F7N4O3/c1-11-12(8-30)5-6-14(18(23)24)15(11)36-16-17(21(25,26)22(27,28)29)32-10-33(20(16)34)9-13-4-3-7-31-19(13)35-2/h3-7,10,18H,9H2,1-2H3. The third-order valence-electron chi connectivity index (χ3n) is 5.03. The second kappa shape index (κ2) is 9.84. The number of aromatic nitrogens is 3. The largest absolute Gasteiger partial charge is 0.481 e. The van der Waals surface area contributed by atoms with Gasteiger partial charge in [0, 0.05) is 17.3 Å². The summed E-state index contributed by atoms with van der Waals surface area (Å²) in [5.41, 5.74) is -4.91. The fourth-order valence-corrected chi connectivity index (χ4v) is 3.19. The van der Waals surface area contributed by atoms with Crippen molar-refractivity contribution in [2.75, 3.05) is 7.11 Å². The molecule has 0 aliphatic carbocycles. The maximum atomic E-state index is 14.3. The van der Waals surface area contributed by atoms with Crippen LogP contribution >= 0.6 is 0 Å². The van der Waals surface area contributed by atoms with Crippen molar-refractivity contribution in [3.05, 3.63) is 75.1 Å². The van der Waals surface area contributed by atoms with E-state index in [1.54, 1.807) is 6.07 Å². The van der Waals surface area contributed by atoms with E-state index in [1.807, 2.05) is 0 Å². The highest BCUT2D eigenvalue weighted by Crippen LogP contribution is 2.47. The third-order valence-corrected chi connectivity index (χ3v) is 5.03. The van der Waals surface area contributed by atoms with Crippen LogP contribution in [0, 0.1) is 18.3 Å². The molecule has 36 heavy (non-hydrogen) atoms. The van der Waals surface area contributed by atoms with Crippen molar-refractivity contribution in [1.29, 1.82) is 5.26 Å². The molecule has 7 nitrogen and oxygen atoms in total. The number of nitrogens with zero attached hydrogens (tertiary/aromatic N) is 4. The van der Waals surface area contributed by atoms with E-state index in [0.29, 0.717) is 10.9 Å². The highest BCUT2D eigenvalue weighted by atomic mass is 19.4. The van der Waals surface area contributed by atoms with Crippen LogP contribution in [-0.4, -0.2) is 27.8 Å². The van der Waals surface area contributed by atoms with E-state index in [2.05, 4.69) is 9.97 Å². The smallest absolute Gasteiger partial charge is 0.459 e. The van der Waals surface area contributed by atoms with Crippen LogP contribution in [0.3, 0.4) is 0 Å². The number of nitriles is 1. The van der Waals surface area contributed by atoms with E-state index in [0.717, 1.165) is 19.1 Å². The summed E-state index contributed by atoms with van der Waals surface area (Å²) in [6.45, 7) is 0.659. The van der Waals surface area contributed by atoms with Gasteiger partial charge in [0.25, 0.3) is 12.0 Å². The Labute approximate surface area is 198 Å². The molecule has 0 saturated heterocycles. The molecule has 3 aromatic rings. The normalized spacial score (nSPS) is 11.9. The van der Waals surface area contributed by atoms with Gasteiger partial charge in [-0.05, 0) is 25.1 Å². The van der Waals surface area contributed by atoms with Gasteiger partial charge in [-0.1, -0.05) is 6.07 Å². The van der Waals surface area contributed by atoms with Crippen molar-refractivity contribution in [2.24, 2.45) is 0 Å². The molecule has 0 amide bonds. The highest BCUT2D eigenvalue weighted by Gasteiger charge is 2.62. The summed E-state index contributed by atoms with van der Waals surface area (Å²) in [5, 5.41) is 9.18. The Hall–Kier alpha value is -4.15. The van der Waals surface area contributed by atoms with E-state index in [-0.39, 0.29) is 22.6 Å². The molecule has 14 heteroatoms. The van der Waals surface area contributed by atoms with Crippen molar-refractivity contribution in [3.63, 3.8) is 0 Å². The summed E-state index contributed by atoms with van der Waals surface area (Å²) in [7, 11) is 1.26. The average molecular weight is 516 g/mol. The highest BCUT2D eigenvalue weighted by molar-refractivity contribution is 5.53. The number of ether oxygens (including phenoxy) is 2. The average Bonchev–Trinajstić information content (AvgIpc) is 2.81. The summed E-state index contributed by atoms with van der Waals surface area (Å²) in [5.74, 6) is -8.21. The Balaban J connectivity index is 2.28. The Morgan fingerprint density at radius 2 is 1.81 bits per heavy atom. The SMILES string of the molecule is COc1ncccc1Cn1cnc(C(F)(F)C(F)(F)F)c(Oc2c(C(F)F)ccc(C#N)c2C)c1=O. The quantitative estimate of drug-likeness (QED) is 0.398. The zero-order chi connectivity index (χ0) is 26.8. The number of benzene rings is 1. The molecule has 0 N–H and O–H groups in total. The number of pyridine rings is 1. The Kier molecular flexibility index (Phi) is 7.23. The van der Waals surface area contributed by atoms with Gasteiger partial charge >= 0.3 is 12.1 Å². The van der Waals surface area contributed by atoms with Crippen LogP contribution in [0.25, 0.3) is 0 Å². The minimum Gasteiger partial charge on any atom is -0.481 e. The van der Waals surface area contributed by atoms with E-state index in [1.165, 1.54) is 25.4 Å². The summed E-state index contributed by atoms with van der Waals surface area (Å²) in [6.07, 6.45) is -7.69. The van der Waals surface area contributed by atoms with Crippen molar-refractivity contribution in [1.82, 2.24) is 14.5 Å². The van der Waals surface area contributed by atoms with Crippen LogP contribution in [0.15, 0.2) is 41.6 Å². The molecular formula is C22H15F7N4O3. The molecule has 0 saturated carbocycles. The van der Waals surface area contributed by atoms with E-state index >= 15 is 0 Å². The van der Waals surface area contributed by atoms with Gasteiger partial charge in [0.15, 0.2) is 5.69 Å². The Morgan fingerprint density at radius 1 is 1.11 bits per heavy atom. The summed E-state index contributed by atoms with van der Waals surface area (Å²) in [4.78, 5) is 20.1. The van der Waals surface area contributed by atoms with Crippen molar-refractivity contribution >= 4 is 0 Å². The van der Waals surface area contributed by atoms with Crippen LogP contribution in [0.5, 0.6) is 17.4 Å². The molecule has 0 fully saturated rings. The Bertz CT molecular complexity index is 1380. The molecule has 2 aromatic heterocycles. The summed E-state index contributed by atoms with van der Waals surface area (Å²) in [6, 6.07) is 6.27. The predicted molar refractivity (Wildman–Crippen MR) is 109 cm³/mol. The van der Waals surface area contributed by atoms with E-state index in [9.17, 15) is 40.8 Å². The lowest BCUT2D eigenvalue weighted by atomic mass is 10.0. The molecule has 190 valence electrons. The first kappa shape index (κ1) is 26.5. The first-order chi connectivity index (χ1) is 16.8. The molecule has 0 aliphatic rings. The molecule has 1 aromatic carbocycles. The van der Waals surface area contributed by atoms with Gasteiger partial charge in [-0.15, -0.1) is 0 Å². The van der Waals surface area contributed by atoms with Gasteiger partial charge in [-0.3, -0.25) is 9.36 Å². The molecule has 0 unspecified atom stereocenters. The van der Waals surface area contributed by atoms with Gasteiger partial charge in [-0.25, -0.2) is 18.7 Å². The molecule has 0 radical (unpaired) electrons. The molecule has 3 rings (SSSR count). The van der Waals surface area contributed by atoms with Crippen molar-refractivity contribution in [3.8, 4) is 23.4 Å². The predicted octanol–water partition coefficient (Wildman–Crippen LogP) is 5.26. The number of rotatable bonds is 7. The zero-order valence-electron chi connectivity index (χ0n) is 18.4. The molecule has 0 bridgehead atoms. The second-order valence-electron chi connectivity index (χ2n) is 7.27. The van der Waals surface area contributed by atoms with Gasteiger partial charge in [0.2, 0.25) is 11.6 Å². The summed E-state index contributed by atoms with van der Waals surface area (Å²) >= 11 is 0. The lowest BCUT2D eigenvalue weighted by Gasteiger charge is -2.23. The molecule has 0 spiro atoms. The van der Waals surface area contributed by atoms with Crippen LogP contribution < -0.4 is 15.0 Å². The van der Waals surface area contributed by atoms with Crippen LogP contribution in [0.4, 0.5) is 30.7 Å². The number of alkyl halides is 7. The minimum atomic E-state index is -6.20. The molecular weight excluding hydrogens is 501 g/mol. The Morgan fingerprint density at radius 3 is 2.39 bits per heavy atom. The van der Waals surface area contributed by atoms with E-state index in [4.69, 9.17) is 9.47 Å². The van der Waals surface area contributed by atoms with Gasteiger partial charge in [0.05, 0.1) is 37.2 Å². The maximum absolute atomic E-state index is 14.3. The maximum Gasteiger partial charge on any atom is 0.459 e. The lowest BCUT2D eigenvalue weighted by Crippen LogP contribution is -2.37. The molecule has 0 aliphatic heterocycles. The van der Waals surface area contributed by atoms with Crippen molar-refractivity contribution < 1.29 is 40.2 Å². The fraction of sp³-hybridized carbons (Fsp3) is 0.273. The fourth-order valence-electron chi connectivity index (χ4n) is 3.19. The van der Waals surface area contributed by atoms with E-state index < -0.39 is 53.4 Å². The summed E-state index contributed by atoms with van der Waals surface area (Å²) < 4.78 is 106. The minimum absolute atomic E-state index is 0.0223.